The molecule has 0 radical (unpaired) electrons. The summed E-state index contributed by atoms with van der Waals surface area (Å²) in [6.07, 6.45) is 2.84. The van der Waals surface area contributed by atoms with Gasteiger partial charge >= 0.3 is 0 Å². The summed E-state index contributed by atoms with van der Waals surface area (Å²) in [5, 5.41) is 9.32. The van der Waals surface area contributed by atoms with Gasteiger partial charge in [0.1, 0.15) is 6.17 Å². The van der Waals surface area contributed by atoms with Crippen LogP contribution in [-0.2, 0) is 0 Å². The molecule has 3 unspecified atom stereocenters. The highest BCUT2D eigenvalue weighted by molar-refractivity contribution is 4.93. The Hall–Kier alpha value is -0.440. The van der Waals surface area contributed by atoms with Crippen LogP contribution >= 0.6 is 0 Å². The van der Waals surface area contributed by atoms with Crippen LogP contribution in [0, 0.1) is 17.8 Å². The molecular weight excluding hydrogens is 222 g/mol. The highest BCUT2D eigenvalue weighted by atomic mass is 19.2. The van der Waals surface area contributed by atoms with Gasteiger partial charge in [0, 0.05) is 0 Å². The van der Waals surface area contributed by atoms with Crippen LogP contribution in [0.25, 0.3) is 0 Å². The quantitative estimate of drug-likeness (QED) is 0.738. The zero-order valence-electron chi connectivity index (χ0n) is 10.2. The number of aliphatic hydroxyl groups is 1. The number of allylic oxidation sites excluding steroid dienone is 1. The van der Waals surface area contributed by atoms with Crippen LogP contribution in [0.2, 0.25) is 0 Å². The highest BCUT2D eigenvalue weighted by Crippen LogP contribution is 2.42. The Morgan fingerprint density at radius 1 is 0.941 bits per heavy atom. The molecule has 0 aromatic heterocycles. The summed E-state index contributed by atoms with van der Waals surface area (Å²) in [6.45, 7) is 3.79. The SMILES string of the molecule is C=CC1CCC([C@@H]2CCC(O)C(F)C2F)CC1. The number of rotatable bonds is 2. The van der Waals surface area contributed by atoms with E-state index >= 15 is 0 Å². The zero-order chi connectivity index (χ0) is 12.4. The van der Waals surface area contributed by atoms with Crippen LogP contribution in [0.4, 0.5) is 8.78 Å². The molecule has 1 nitrogen and oxygen atoms in total. The van der Waals surface area contributed by atoms with Crippen molar-refractivity contribution in [3.63, 3.8) is 0 Å². The van der Waals surface area contributed by atoms with Crippen LogP contribution in [0.15, 0.2) is 12.7 Å². The molecule has 4 atom stereocenters. The van der Waals surface area contributed by atoms with Gasteiger partial charge in [-0.3, -0.25) is 0 Å². The standard InChI is InChI=1S/C14H22F2O/c1-2-9-3-5-10(6-4-9)11-7-8-12(17)14(16)13(11)15/h2,9-14,17H,1,3-8H2/t9?,10?,11-,12?,13?,14?/m0/s1. The van der Waals surface area contributed by atoms with Gasteiger partial charge in [-0.1, -0.05) is 6.08 Å². The lowest BCUT2D eigenvalue weighted by atomic mass is 9.69. The predicted molar refractivity (Wildman–Crippen MR) is 64.2 cm³/mol. The van der Waals surface area contributed by atoms with Crippen molar-refractivity contribution in [3.05, 3.63) is 12.7 Å². The molecule has 2 aliphatic carbocycles. The van der Waals surface area contributed by atoms with E-state index in [2.05, 4.69) is 6.58 Å². The molecular formula is C14H22F2O. The van der Waals surface area contributed by atoms with Gasteiger partial charge in [-0.05, 0) is 56.3 Å². The number of hydrogen-bond acceptors (Lipinski definition) is 1. The maximum Gasteiger partial charge on any atom is 0.157 e. The summed E-state index contributed by atoms with van der Waals surface area (Å²) in [5.74, 6) is 0.672. The molecule has 2 rings (SSSR count). The summed E-state index contributed by atoms with van der Waals surface area (Å²) in [4.78, 5) is 0. The number of aliphatic hydroxyl groups excluding tert-OH is 1. The Morgan fingerprint density at radius 2 is 1.59 bits per heavy atom. The van der Waals surface area contributed by atoms with Crippen molar-refractivity contribution in [2.75, 3.05) is 0 Å². The molecule has 0 aromatic rings. The third kappa shape index (κ3) is 2.70. The summed E-state index contributed by atoms with van der Waals surface area (Å²) < 4.78 is 27.4. The average molecular weight is 244 g/mol. The predicted octanol–water partition coefficient (Wildman–Crippen LogP) is 3.43. The largest absolute Gasteiger partial charge is 0.390 e. The molecule has 0 amide bonds. The van der Waals surface area contributed by atoms with Crippen molar-refractivity contribution in [1.29, 1.82) is 0 Å². The van der Waals surface area contributed by atoms with Gasteiger partial charge < -0.3 is 5.11 Å². The molecule has 0 spiro atoms. The van der Waals surface area contributed by atoms with E-state index in [1.807, 2.05) is 6.08 Å². The van der Waals surface area contributed by atoms with E-state index in [0.717, 1.165) is 25.7 Å². The zero-order valence-corrected chi connectivity index (χ0v) is 10.2. The molecule has 0 bridgehead atoms. The molecule has 1 N–H and O–H groups in total. The molecule has 2 aliphatic rings. The molecule has 17 heavy (non-hydrogen) atoms. The molecule has 3 heteroatoms. The minimum absolute atomic E-state index is 0.181. The van der Waals surface area contributed by atoms with E-state index in [4.69, 9.17) is 0 Å². The molecule has 0 aliphatic heterocycles. The van der Waals surface area contributed by atoms with Crippen molar-refractivity contribution in [1.82, 2.24) is 0 Å². The van der Waals surface area contributed by atoms with E-state index in [0.29, 0.717) is 24.7 Å². The summed E-state index contributed by atoms with van der Waals surface area (Å²) in [7, 11) is 0. The van der Waals surface area contributed by atoms with E-state index in [1.54, 1.807) is 0 Å². The second kappa shape index (κ2) is 5.47. The van der Waals surface area contributed by atoms with E-state index < -0.39 is 18.4 Å². The Morgan fingerprint density at radius 3 is 2.18 bits per heavy atom. The van der Waals surface area contributed by atoms with Crippen LogP contribution < -0.4 is 0 Å². The second-order valence-electron chi connectivity index (χ2n) is 5.61. The van der Waals surface area contributed by atoms with Crippen molar-refractivity contribution in [2.24, 2.45) is 17.8 Å². The molecule has 2 saturated carbocycles. The van der Waals surface area contributed by atoms with Crippen LogP contribution in [0.3, 0.4) is 0 Å². The Kier molecular flexibility index (Phi) is 4.18. The minimum atomic E-state index is -1.68. The molecule has 2 fully saturated rings. The topological polar surface area (TPSA) is 20.2 Å². The lowest BCUT2D eigenvalue weighted by Gasteiger charge is -2.39. The van der Waals surface area contributed by atoms with Crippen LogP contribution in [0.5, 0.6) is 0 Å². The van der Waals surface area contributed by atoms with Crippen molar-refractivity contribution in [3.8, 4) is 0 Å². The van der Waals surface area contributed by atoms with Gasteiger partial charge in [-0.2, -0.15) is 0 Å². The number of hydrogen-bond donors (Lipinski definition) is 1. The van der Waals surface area contributed by atoms with Crippen LogP contribution in [0.1, 0.15) is 38.5 Å². The third-order valence-electron chi connectivity index (χ3n) is 4.63. The third-order valence-corrected chi connectivity index (χ3v) is 4.63. The summed E-state index contributed by atoms with van der Waals surface area (Å²) in [6, 6.07) is 0. The first-order chi connectivity index (χ1) is 8.13. The van der Waals surface area contributed by atoms with Gasteiger partial charge in [0.25, 0.3) is 0 Å². The first-order valence-electron chi connectivity index (χ1n) is 6.72. The monoisotopic (exact) mass is 244 g/mol. The Labute approximate surface area is 102 Å². The Balaban J connectivity index is 1.92. The van der Waals surface area contributed by atoms with Crippen molar-refractivity contribution >= 4 is 0 Å². The maximum atomic E-state index is 13.9. The van der Waals surface area contributed by atoms with Crippen molar-refractivity contribution in [2.45, 2.75) is 57.0 Å². The normalized spacial score (nSPS) is 47.7. The smallest absolute Gasteiger partial charge is 0.157 e. The van der Waals surface area contributed by atoms with Crippen LogP contribution in [-0.4, -0.2) is 23.6 Å². The first kappa shape index (κ1) is 13.0. The number of alkyl halides is 2. The fraction of sp³-hybridized carbons (Fsp3) is 0.857. The van der Waals surface area contributed by atoms with E-state index in [-0.39, 0.29) is 5.92 Å². The fourth-order valence-corrected chi connectivity index (χ4v) is 3.43. The first-order valence-corrected chi connectivity index (χ1v) is 6.72. The van der Waals surface area contributed by atoms with Crippen molar-refractivity contribution < 1.29 is 13.9 Å². The van der Waals surface area contributed by atoms with Gasteiger partial charge in [0.15, 0.2) is 6.17 Å². The van der Waals surface area contributed by atoms with Gasteiger partial charge in [-0.15, -0.1) is 6.58 Å². The lowest BCUT2D eigenvalue weighted by Crippen LogP contribution is -2.44. The average Bonchev–Trinajstić information content (AvgIpc) is 2.36. The van der Waals surface area contributed by atoms with Gasteiger partial charge in [0.05, 0.1) is 6.10 Å². The van der Waals surface area contributed by atoms with Gasteiger partial charge in [-0.25, -0.2) is 8.78 Å². The highest BCUT2D eigenvalue weighted by Gasteiger charge is 2.43. The molecule has 0 aromatic carbocycles. The Bertz CT molecular complexity index is 261. The molecule has 98 valence electrons. The summed E-state index contributed by atoms with van der Waals surface area (Å²) in [5.41, 5.74) is 0. The lowest BCUT2D eigenvalue weighted by molar-refractivity contribution is -0.0540. The fourth-order valence-electron chi connectivity index (χ4n) is 3.43. The van der Waals surface area contributed by atoms with Gasteiger partial charge in [0.2, 0.25) is 0 Å². The number of halogens is 2. The summed E-state index contributed by atoms with van der Waals surface area (Å²) >= 11 is 0. The molecule has 0 heterocycles. The second-order valence-corrected chi connectivity index (χ2v) is 5.61. The maximum absolute atomic E-state index is 13.9. The minimum Gasteiger partial charge on any atom is -0.390 e. The molecule has 0 saturated heterocycles. The van der Waals surface area contributed by atoms with E-state index in [9.17, 15) is 13.9 Å². The van der Waals surface area contributed by atoms with E-state index in [1.165, 1.54) is 0 Å².